The van der Waals surface area contributed by atoms with Crippen molar-refractivity contribution in [3.05, 3.63) is 69.8 Å². The van der Waals surface area contributed by atoms with E-state index >= 15 is 0 Å². The lowest BCUT2D eigenvalue weighted by Gasteiger charge is -2.43. The van der Waals surface area contributed by atoms with Crippen molar-refractivity contribution in [1.29, 1.82) is 0 Å². The number of fused-ring (bicyclic) bond motifs is 4. The number of thiophene rings is 1. The summed E-state index contributed by atoms with van der Waals surface area (Å²) in [6.45, 7) is 1.97. The Hall–Kier alpha value is -2.60. The Kier molecular flexibility index (Phi) is 3.60. The average molecular weight is 366 g/mol. The number of furan rings is 1. The Morgan fingerprint density at radius 1 is 1.12 bits per heavy atom. The first-order valence-corrected chi connectivity index (χ1v) is 9.69. The van der Waals surface area contributed by atoms with Gasteiger partial charge in [-0.2, -0.15) is 0 Å². The Balaban J connectivity index is 1.56. The monoisotopic (exact) mass is 366 g/mol. The first kappa shape index (κ1) is 15.6. The average Bonchev–Trinajstić information content (AvgIpc) is 3.35. The molecule has 26 heavy (non-hydrogen) atoms. The molecule has 0 aromatic carbocycles. The van der Waals surface area contributed by atoms with E-state index in [4.69, 9.17) is 4.42 Å². The summed E-state index contributed by atoms with van der Waals surface area (Å²) >= 11 is 1.68. The SMILES string of the molecule is O=C(c1ccco1)N1C[C@H]2C[C@H](C1)c1c(-c3cccs3)ccc(=O)n1C2. The van der Waals surface area contributed by atoms with Gasteiger partial charge in [-0.25, -0.2) is 0 Å². The summed E-state index contributed by atoms with van der Waals surface area (Å²) in [4.78, 5) is 28.3. The number of likely N-dealkylation sites (tertiary alicyclic amines) is 1. The molecule has 132 valence electrons. The number of carbonyl (C=O) groups is 1. The van der Waals surface area contributed by atoms with E-state index in [1.807, 2.05) is 21.6 Å². The normalized spacial score (nSPS) is 21.5. The topological polar surface area (TPSA) is 55.5 Å². The predicted octanol–water partition coefficient (Wildman–Crippen LogP) is 3.43. The van der Waals surface area contributed by atoms with Gasteiger partial charge in [0.25, 0.3) is 11.5 Å². The van der Waals surface area contributed by atoms with Crippen molar-refractivity contribution in [2.75, 3.05) is 13.1 Å². The standard InChI is InChI=1S/C20H18N2O3S/c23-18-6-5-15(17-4-2-8-26-17)19-14-9-13(11-22(18)19)10-21(12-14)20(24)16-3-1-7-25-16/h1-8,13-14H,9-12H2/t13-,14-/m1/s1. The van der Waals surface area contributed by atoms with Gasteiger partial charge in [0.05, 0.1) is 6.26 Å². The quantitative estimate of drug-likeness (QED) is 0.698. The van der Waals surface area contributed by atoms with Gasteiger partial charge in [0.2, 0.25) is 0 Å². The molecule has 5 rings (SSSR count). The van der Waals surface area contributed by atoms with Crippen molar-refractivity contribution in [2.45, 2.75) is 18.9 Å². The molecule has 1 fully saturated rings. The summed E-state index contributed by atoms with van der Waals surface area (Å²) in [5.41, 5.74) is 2.25. The van der Waals surface area contributed by atoms with E-state index in [-0.39, 0.29) is 17.4 Å². The summed E-state index contributed by atoms with van der Waals surface area (Å²) in [5, 5.41) is 2.05. The molecule has 2 aliphatic rings. The van der Waals surface area contributed by atoms with E-state index in [9.17, 15) is 9.59 Å². The lowest BCUT2D eigenvalue weighted by molar-refractivity contribution is 0.0564. The van der Waals surface area contributed by atoms with Crippen LogP contribution in [0.1, 0.15) is 28.6 Å². The molecule has 0 radical (unpaired) electrons. The fraction of sp³-hybridized carbons (Fsp3) is 0.300. The number of hydrogen-bond acceptors (Lipinski definition) is 4. The third kappa shape index (κ3) is 2.44. The highest BCUT2D eigenvalue weighted by atomic mass is 32.1. The fourth-order valence-corrected chi connectivity index (χ4v) is 5.14. The highest BCUT2D eigenvalue weighted by Gasteiger charge is 2.38. The molecule has 5 nitrogen and oxygen atoms in total. The maximum absolute atomic E-state index is 12.8. The van der Waals surface area contributed by atoms with Crippen LogP contribution in [0.15, 0.2) is 57.3 Å². The van der Waals surface area contributed by atoms with E-state index in [0.29, 0.717) is 31.3 Å². The highest BCUT2D eigenvalue weighted by molar-refractivity contribution is 7.13. The van der Waals surface area contributed by atoms with E-state index in [1.54, 1.807) is 29.5 Å². The van der Waals surface area contributed by atoms with Gasteiger partial charge in [-0.3, -0.25) is 9.59 Å². The van der Waals surface area contributed by atoms with E-state index in [1.165, 1.54) is 11.1 Å². The molecule has 0 saturated carbocycles. The van der Waals surface area contributed by atoms with Crippen LogP contribution >= 0.6 is 11.3 Å². The van der Waals surface area contributed by atoms with Crippen LogP contribution in [0.5, 0.6) is 0 Å². The summed E-state index contributed by atoms with van der Waals surface area (Å²) in [6, 6.07) is 11.2. The molecule has 3 aromatic rings. The van der Waals surface area contributed by atoms with Gasteiger partial charge in [-0.05, 0) is 42.0 Å². The number of piperidine rings is 1. The molecule has 0 aliphatic carbocycles. The van der Waals surface area contributed by atoms with Crippen LogP contribution in [0.25, 0.3) is 10.4 Å². The van der Waals surface area contributed by atoms with Gasteiger partial charge < -0.3 is 13.9 Å². The molecule has 2 bridgehead atoms. The van der Waals surface area contributed by atoms with Crippen LogP contribution < -0.4 is 5.56 Å². The van der Waals surface area contributed by atoms with Crippen LogP contribution in [0.4, 0.5) is 0 Å². The molecule has 0 spiro atoms. The zero-order chi connectivity index (χ0) is 17.7. The molecule has 2 atom stereocenters. The smallest absolute Gasteiger partial charge is 0.289 e. The van der Waals surface area contributed by atoms with Crippen LogP contribution in [-0.2, 0) is 6.54 Å². The lowest BCUT2D eigenvalue weighted by Crippen LogP contribution is -2.49. The fourth-order valence-electron chi connectivity index (χ4n) is 4.38. The summed E-state index contributed by atoms with van der Waals surface area (Å²) < 4.78 is 7.23. The van der Waals surface area contributed by atoms with Crippen molar-refractivity contribution >= 4 is 17.2 Å². The number of hydrogen-bond donors (Lipinski definition) is 0. The Morgan fingerprint density at radius 2 is 2.04 bits per heavy atom. The minimum Gasteiger partial charge on any atom is -0.459 e. The zero-order valence-corrected chi connectivity index (χ0v) is 14.9. The van der Waals surface area contributed by atoms with E-state index in [2.05, 4.69) is 11.4 Å². The number of nitrogens with zero attached hydrogens (tertiary/aromatic N) is 2. The largest absolute Gasteiger partial charge is 0.459 e. The molecule has 0 N–H and O–H groups in total. The van der Waals surface area contributed by atoms with Crippen molar-refractivity contribution < 1.29 is 9.21 Å². The molecule has 3 aromatic heterocycles. The highest BCUT2D eigenvalue weighted by Crippen LogP contribution is 2.41. The van der Waals surface area contributed by atoms with Crippen LogP contribution in [0.3, 0.4) is 0 Å². The van der Waals surface area contributed by atoms with Gasteiger partial charge in [-0.15, -0.1) is 11.3 Å². The molecule has 1 amide bonds. The molecule has 2 aliphatic heterocycles. The number of rotatable bonds is 2. The minimum absolute atomic E-state index is 0.0563. The molecular formula is C20H18N2O3S. The molecule has 0 unspecified atom stereocenters. The van der Waals surface area contributed by atoms with Crippen molar-refractivity contribution in [3.63, 3.8) is 0 Å². The first-order chi connectivity index (χ1) is 12.7. The number of pyridine rings is 1. The second kappa shape index (κ2) is 5.99. The predicted molar refractivity (Wildman–Crippen MR) is 99.5 cm³/mol. The molecule has 6 heteroatoms. The summed E-state index contributed by atoms with van der Waals surface area (Å²) in [7, 11) is 0. The van der Waals surface area contributed by atoms with Crippen molar-refractivity contribution in [3.8, 4) is 10.4 Å². The number of aromatic nitrogens is 1. The maximum Gasteiger partial charge on any atom is 0.289 e. The second-order valence-electron chi connectivity index (χ2n) is 7.04. The van der Waals surface area contributed by atoms with Gasteiger partial charge >= 0.3 is 0 Å². The van der Waals surface area contributed by atoms with Gasteiger partial charge in [0, 0.05) is 47.8 Å². The summed E-state index contributed by atoms with van der Waals surface area (Å²) in [6.07, 6.45) is 2.55. The Morgan fingerprint density at radius 3 is 2.81 bits per heavy atom. The number of amides is 1. The molecule has 5 heterocycles. The van der Waals surface area contributed by atoms with E-state index < -0.39 is 0 Å². The van der Waals surface area contributed by atoms with Crippen LogP contribution in [0.2, 0.25) is 0 Å². The lowest BCUT2D eigenvalue weighted by atomic mass is 9.81. The number of carbonyl (C=O) groups excluding carboxylic acids is 1. The Bertz CT molecular complexity index is 1000. The van der Waals surface area contributed by atoms with Crippen LogP contribution in [-0.4, -0.2) is 28.5 Å². The van der Waals surface area contributed by atoms with Gasteiger partial charge in [-0.1, -0.05) is 6.07 Å². The molecule has 1 saturated heterocycles. The van der Waals surface area contributed by atoms with E-state index in [0.717, 1.165) is 17.7 Å². The second-order valence-corrected chi connectivity index (χ2v) is 7.99. The maximum atomic E-state index is 12.8. The third-order valence-corrected chi connectivity index (χ3v) is 6.30. The van der Waals surface area contributed by atoms with Gasteiger partial charge in [0.1, 0.15) is 0 Å². The molecular weight excluding hydrogens is 348 g/mol. The summed E-state index contributed by atoms with van der Waals surface area (Å²) in [5.74, 6) is 0.798. The zero-order valence-electron chi connectivity index (χ0n) is 14.1. The van der Waals surface area contributed by atoms with Crippen LogP contribution in [0, 0.1) is 5.92 Å². The Labute approximate surface area is 154 Å². The van der Waals surface area contributed by atoms with Crippen molar-refractivity contribution in [2.24, 2.45) is 5.92 Å². The van der Waals surface area contributed by atoms with Gasteiger partial charge in [0.15, 0.2) is 5.76 Å². The first-order valence-electron chi connectivity index (χ1n) is 8.81. The third-order valence-electron chi connectivity index (χ3n) is 5.40. The minimum atomic E-state index is -0.0610. The van der Waals surface area contributed by atoms with Crippen molar-refractivity contribution in [1.82, 2.24) is 9.47 Å².